The molecular weight excluding hydrogens is 294 g/mol. The average Bonchev–Trinajstić information content (AvgIpc) is 2.51. The highest BCUT2D eigenvalue weighted by Crippen LogP contribution is 2.60. The summed E-state index contributed by atoms with van der Waals surface area (Å²) >= 11 is 0. The van der Waals surface area contributed by atoms with Gasteiger partial charge in [-0.05, 0) is 68.4 Å². The fraction of sp³-hybridized carbons (Fsp3) is 0.611. The normalized spacial score (nSPS) is 34.3. The fourth-order valence-corrected chi connectivity index (χ4v) is 5.49. The Labute approximate surface area is 135 Å². The first-order valence-corrected chi connectivity index (χ1v) is 8.45. The molecule has 0 amide bonds. The Kier molecular flexibility index (Phi) is 3.39. The van der Waals surface area contributed by atoms with Crippen molar-refractivity contribution in [2.24, 2.45) is 23.2 Å². The molecule has 4 saturated carbocycles. The standard InChI is InChI=1S/C18H21NO4/c20-17(15-1-3-16(4-2-15)19(21)22)23-11-18-8-12-5-13(9-18)7-14(6-12)10-18/h1-4,12-14H,5-11H2. The zero-order chi connectivity index (χ0) is 16.0. The Morgan fingerprint density at radius 1 is 1.09 bits per heavy atom. The van der Waals surface area contributed by atoms with E-state index in [2.05, 4.69) is 0 Å². The highest BCUT2D eigenvalue weighted by Gasteiger charge is 2.51. The molecule has 4 aliphatic carbocycles. The molecule has 5 rings (SSSR count). The van der Waals surface area contributed by atoms with Crippen LogP contribution in [0, 0.1) is 33.3 Å². The smallest absolute Gasteiger partial charge is 0.338 e. The van der Waals surface area contributed by atoms with E-state index < -0.39 is 4.92 Å². The maximum absolute atomic E-state index is 12.2. The molecule has 0 unspecified atom stereocenters. The number of ether oxygens (including phenoxy) is 1. The van der Waals surface area contributed by atoms with Crippen LogP contribution in [-0.4, -0.2) is 17.5 Å². The van der Waals surface area contributed by atoms with Crippen LogP contribution in [-0.2, 0) is 4.74 Å². The molecule has 0 saturated heterocycles. The maximum Gasteiger partial charge on any atom is 0.338 e. The number of carbonyl (C=O) groups is 1. The third-order valence-electron chi connectivity index (χ3n) is 5.99. The van der Waals surface area contributed by atoms with E-state index >= 15 is 0 Å². The predicted molar refractivity (Wildman–Crippen MR) is 84.0 cm³/mol. The van der Waals surface area contributed by atoms with Crippen LogP contribution in [0.3, 0.4) is 0 Å². The minimum absolute atomic E-state index is 0.0114. The first kappa shape index (κ1) is 14.7. The number of esters is 1. The number of rotatable bonds is 4. The molecule has 4 aliphatic rings. The number of carbonyl (C=O) groups excluding carboxylic acids is 1. The topological polar surface area (TPSA) is 69.4 Å². The van der Waals surface area contributed by atoms with E-state index in [0.717, 1.165) is 17.8 Å². The summed E-state index contributed by atoms with van der Waals surface area (Å²) in [5.41, 5.74) is 0.577. The van der Waals surface area contributed by atoms with Crippen molar-refractivity contribution in [3.8, 4) is 0 Å². The minimum atomic E-state index is -0.468. The number of non-ortho nitro benzene ring substituents is 1. The second-order valence-electron chi connectivity index (χ2n) is 7.80. The summed E-state index contributed by atoms with van der Waals surface area (Å²) in [6.07, 6.45) is 7.71. The Morgan fingerprint density at radius 3 is 2.09 bits per heavy atom. The number of nitro benzene ring substituents is 1. The van der Waals surface area contributed by atoms with E-state index in [0.29, 0.717) is 12.2 Å². The average molecular weight is 315 g/mol. The van der Waals surface area contributed by atoms with Crippen LogP contribution in [0.1, 0.15) is 48.9 Å². The summed E-state index contributed by atoms with van der Waals surface area (Å²) in [4.78, 5) is 22.4. The highest BCUT2D eigenvalue weighted by molar-refractivity contribution is 5.89. The van der Waals surface area contributed by atoms with Gasteiger partial charge in [0.1, 0.15) is 0 Å². The van der Waals surface area contributed by atoms with Crippen LogP contribution >= 0.6 is 0 Å². The van der Waals surface area contributed by atoms with Gasteiger partial charge in [-0.15, -0.1) is 0 Å². The molecule has 1 aromatic rings. The van der Waals surface area contributed by atoms with E-state index in [4.69, 9.17) is 4.74 Å². The van der Waals surface area contributed by atoms with E-state index in [9.17, 15) is 14.9 Å². The lowest BCUT2D eigenvalue weighted by molar-refractivity contribution is -0.384. The number of hydrogen-bond donors (Lipinski definition) is 0. The van der Waals surface area contributed by atoms with Crippen molar-refractivity contribution in [1.82, 2.24) is 0 Å². The summed E-state index contributed by atoms with van der Waals surface area (Å²) in [5.74, 6) is 2.13. The molecule has 5 nitrogen and oxygen atoms in total. The lowest BCUT2D eigenvalue weighted by Crippen LogP contribution is -2.48. The van der Waals surface area contributed by atoms with Crippen LogP contribution in [0.15, 0.2) is 24.3 Å². The van der Waals surface area contributed by atoms with Crippen LogP contribution < -0.4 is 0 Å². The molecule has 4 fully saturated rings. The van der Waals surface area contributed by atoms with Gasteiger partial charge in [-0.25, -0.2) is 4.79 Å². The molecule has 0 aromatic heterocycles. The van der Waals surface area contributed by atoms with Crippen molar-refractivity contribution in [2.75, 3.05) is 6.61 Å². The van der Waals surface area contributed by atoms with Gasteiger partial charge in [0.2, 0.25) is 0 Å². The second-order valence-corrected chi connectivity index (χ2v) is 7.80. The van der Waals surface area contributed by atoms with Gasteiger partial charge in [-0.3, -0.25) is 10.1 Å². The molecule has 0 heterocycles. The zero-order valence-corrected chi connectivity index (χ0v) is 13.1. The van der Waals surface area contributed by atoms with Crippen molar-refractivity contribution in [1.29, 1.82) is 0 Å². The summed E-state index contributed by atoms with van der Waals surface area (Å²) in [5, 5.41) is 10.7. The Bertz CT molecular complexity index is 602. The number of nitrogens with zero attached hydrogens (tertiary/aromatic N) is 1. The van der Waals surface area contributed by atoms with E-state index in [1.807, 2.05) is 0 Å². The quantitative estimate of drug-likeness (QED) is 0.479. The van der Waals surface area contributed by atoms with Crippen molar-refractivity contribution in [3.05, 3.63) is 39.9 Å². The maximum atomic E-state index is 12.2. The Balaban J connectivity index is 1.41. The van der Waals surface area contributed by atoms with E-state index in [1.54, 1.807) is 0 Å². The van der Waals surface area contributed by atoms with Gasteiger partial charge in [-0.2, -0.15) is 0 Å². The Hall–Kier alpha value is -1.91. The number of nitro groups is 1. The summed E-state index contributed by atoms with van der Waals surface area (Å²) < 4.78 is 5.60. The molecule has 0 atom stereocenters. The third-order valence-corrected chi connectivity index (χ3v) is 5.99. The Morgan fingerprint density at radius 2 is 1.61 bits per heavy atom. The summed E-state index contributed by atoms with van der Waals surface area (Å²) in [6, 6.07) is 5.64. The summed E-state index contributed by atoms with van der Waals surface area (Å²) in [7, 11) is 0. The van der Waals surface area contributed by atoms with Gasteiger partial charge in [-0.1, -0.05) is 0 Å². The van der Waals surface area contributed by atoms with Crippen molar-refractivity contribution in [2.45, 2.75) is 38.5 Å². The molecule has 5 heteroatoms. The summed E-state index contributed by atoms with van der Waals surface area (Å²) in [6.45, 7) is 0.506. The van der Waals surface area contributed by atoms with E-state index in [-0.39, 0.29) is 17.1 Å². The van der Waals surface area contributed by atoms with Gasteiger partial charge in [0.25, 0.3) is 5.69 Å². The molecule has 23 heavy (non-hydrogen) atoms. The monoisotopic (exact) mass is 315 g/mol. The SMILES string of the molecule is O=C(OCC12CC3CC(CC(C3)C1)C2)c1ccc([N+](=O)[O-])cc1. The largest absolute Gasteiger partial charge is 0.462 e. The molecule has 1 aromatic carbocycles. The third kappa shape index (κ3) is 2.73. The molecule has 0 spiro atoms. The van der Waals surface area contributed by atoms with Gasteiger partial charge in [0.15, 0.2) is 0 Å². The van der Waals surface area contributed by atoms with Gasteiger partial charge < -0.3 is 4.74 Å². The molecule has 0 radical (unpaired) electrons. The van der Waals surface area contributed by atoms with Crippen molar-refractivity contribution < 1.29 is 14.5 Å². The fourth-order valence-electron chi connectivity index (χ4n) is 5.49. The van der Waals surface area contributed by atoms with Crippen molar-refractivity contribution >= 4 is 11.7 Å². The molecule has 122 valence electrons. The first-order chi connectivity index (χ1) is 11.0. The number of benzene rings is 1. The zero-order valence-electron chi connectivity index (χ0n) is 13.1. The first-order valence-electron chi connectivity index (χ1n) is 8.45. The second kappa shape index (κ2) is 5.32. The molecule has 4 bridgehead atoms. The van der Waals surface area contributed by atoms with Crippen LogP contribution in [0.2, 0.25) is 0 Å². The van der Waals surface area contributed by atoms with Crippen LogP contribution in [0.4, 0.5) is 5.69 Å². The number of hydrogen-bond acceptors (Lipinski definition) is 4. The van der Waals surface area contributed by atoms with E-state index in [1.165, 1.54) is 62.8 Å². The lowest BCUT2D eigenvalue weighted by atomic mass is 9.50. The highest BCUT2D eigenvalue weighted by atomic mass is 16.6. The lowest BCUT2D eigenvalue weighted by Gasteiger charge is -2.56. The van der Waals surface area contributed by atoms with Gasteiger partial charge in [0, 0.05) is 17.5 Å². The van der Waals surface area contributed by atoms with Crippen LogP contribution in [0.25, 0.3) is 0 Å². The predicted octanol–water partition coefficient (Wildman–Crippen LogP) is 3.97. The molecule has 0 N–H and O–H groups in total. The van der Waals surface area contributed by atoms with Gasteiger partial charge >= 0.3 is 5.97 Å². The van der Waals surface area contributed by atoms with Crippen molar-refractivity contribution in [3.63, 3.8) is 0 Å². The molecule has 0 aliphatic heterocycles. The van der Waals surface area contributed by atoms with Gasteiger partial charge in [0.05, 0.1) is 17.1 Å². The van der Waals surface area contributed by atoms with Crippen LogP contribution in [0.5, 0.6) is 0 Å². The molecular formula is C18H21NO4. The minimum Gasteiger partial charge on any atom is -0.462 e.